The number of H-pyrrole nitrogens is 1. The number of benzene rings is 1. The average Bonchev–Trinajstić information content (AvgIpc) is 3.95. The van der Waals surface area contributed by atoms with E-state index < -0.39 is 11.0 Å². The van der Waals surface area contributed by atoms with Crippen molar-refractivity contribution in [3.63, 3.8) is 0 Å². The number of nitrogens with one attached hydrogen (secondary N) is 2. The van der Waals surface area contributed by atoms with Crippen LogP contribution in [0.15, 0.2) is 49.2 Å². The molecule has 6 aliphatic carbocycles. The van der Waals surface area contributed by atoms with Gasteiger partial charge in [-0.15, -0.1) is 6.58 Å². The summed E-state index contributed by atoms with van der Waals surface area (Å²) in [6.45, 7) is 13.9. The summed E-state index contributed by atoms with van der Waals surface area (Å²) in [6, 6.07) is 10.2. The highest BCUT2D eigenvalue weighted by Crippen LogP contribution is 2.71. The first-order valence-corrected chi connectivity index (χ1v) is 21.7. The Balaban J connectivity index is 0.00000150. The van der Waals surface area contributed by atoms with Crippen LogP contribution >= 0.6 is 0 Å². The van der Waals surface area contributed by atoms with Crippen molar-refractivity contribution in [1.29, 1.82) is 0 Å². The minimum Gasteiger partial charge on any atom is -0.461 e. The maximum atomic E-state index is 14.9. The number of allylic oxidation sites excluding steroid dienone is 1. The quantitative estimate of drug-likeness (QED) is 0.140. The van der Waals surface area contributed by atoms with Crippen molar-refractivity contribution in [3.05, 3.63) is 55.0 Å². The predicted molar refractivity (Wildman–Crippen MR) is 217 cm³/mol. The lowest BCUT2D eigenvalue weighted by molar-refractivity contribution is -0.194. The Hall–Kier alpha value is -3.26. The summed E-state index contributed by atoms with van der Waals surface area (Å²) in [7, 11) is 0. The van der Waals surface area contributed by atoms with Crippen LogP contribution < -0.4 is 11.1 Å². The summed E-state index contributed by atoms with van der Waals surface area (Å²) in [5.41, 5.74) is 8.08. The van der Waals surface area contributed by atoms with Gasteiger partial charge in [-0.3, -0.25) is 9.59 Å². The number of ether oxygens (including phenoxy) is 1. The number of aromatic amines is 1. The molecular weight excluding hydrogens is 685 g/mol. The number of hydrogen-bond acceptors (Lipinski definition) is 6. The van der Waals surface area contributed by atoms with Crippen LogP contribution in [0.4, 0.5) is 0 Å². The molecule has 1 aromatic heterocycles. The lowest BCUT2D eigenvalue weighted by atomic mass is 9.38. The van der Waals surface area contributed by atoms with Crippen molar-refractivity contribution in [2.24, 2.45) is 57.0 Å². The summed E-state index contributed by atoms with van der Waals surface area (Å²) in [4.78, 5) is 47.7. The third kappa shape index (κ3) is 6.95. The van der Waals surface area contributed by atoms with Gasteiger partial charge in [0.25, 0.3) is 0 Å². The van der Waals surface area contributed by atoms with E-state index in [4.69, 9.17) is 15.5 Å². The summed E-state index contributed by atoms with van der Waals surface area (Å²) in [5, 5.41) is 3.75. The number of nitrogens with two attached hydrogens (primary N) is 1. The third-order valence-corrected chi connectivity index (χ3v) is 16.3. The number of aldehydes is 1. The predicted octanol–water partition coefficient (Wildman–Crippen LogP) is 9.45. The van der Waals surface area contributed by atoms with E-state index in [9.17, 15) is 14.4 Å². The molecule has 10 unspecified atom stereocenters. The van der Waals surface area contributed by atoms with E-state index in [2.05, 4.69) is 55.0 Å². The summed E-state index contributed by atoms with van der Waals surface area (Å²) in [5.74, 6) is 3.46. The van der Waals surface area contributed by atoms with Crippen LogP contribution in [0.3, 0.4) is 0 Å². The number of esters is 1. The van der Waals surface area contributed by atoms with E-state index in [1.807, 2.05) is 19.2 Å². The zero-order valence-electron chi connectivity index (χ0n) is 34.3. The van der Waals surface area contributed by atoms with E-state index >= 15 is 0 Å². The van der Waals surface area contributed by atoms with Crippen LogP contribution in [-0.4, -0.2) is 40.3 Å². The Labute approximate surface area is 330 Å². The Kier molecular flexibility index (Phi) is 11.1. The number of rotatable bonds is 8. The highest BCUT2D eigenvalue weighted by atomic mass is 16.5. The fraction of sp³-hybridized carbons (Fsp3) is 0.702. The molecule has 8 rings (SSSR count). The topological polar surface area (TPSA) is 127 Å². The van der Waals surface area contributed by atoms with Crippen molar-refractivity contribution in [2.75, 3.05) is 0 Å². The number of fused-ring (bicyclic) bond motifs is 7. The molecule has 0 bridgehead atoms. The van der Waals surface area contributed by atoms with Crippen molar-refractivity contribution < 1.29 is 19.1 Å². The minimum atomic E-state index is -0.725. The number of nitrogens with zero attached hydrogens (tertiary/aromatic N) is 1. The molecule has 0 radical (unpaired) electrons. The lowest BCUT2D eigenvalue weighted by Crippen LogP contribution is -2.65. The molecular formula is C47H68N4O4. The molecule has 6 saturated carbocycles. The third-order valence-electron chi connectivity index (χ3n) is 16.3. The highest BCUT2D eigenvalue weighted by molar-refractivity contribution is 5.84. The van der Waals surface area contributed by atoms with Gasteiger partial charge in [0.05, 0.1) is 29.3 Å². The molecule has 300 valence electrons. The van der Waals surface area contributed by atoms with E-state index in [0.717, 1.165) is 100 Å². The SMILES string of the molecule is C=CC.CC(C)(C=O)CC(=O)OC1CCC2(C)C(CCC3(C)C4CCC5(C(=O)NC6(c7ncc(-c8ccccc8)[nH]7)CCCC6)CCCC5C4CCC23)C1N. The second kappa shape index (κ2) is 15.2. The van der Waals surface area contributed by atoms with Gasteiger partial charge in [-0.2, -0.15) is 0 Å². The fourth-order valence-electron chi connectivity index (χ4n) is 13.7. The van der Waals surface area contributed by atoms with Gasteiger partial charge in [-0.05, 0) is 130 Å². The molecule has 0 aliphatic heterocycles. The molecule has 1 amide bonds. The van der Waals surface area contributed by atoms with E-state index in [0.29, 0.717) is 35.5 Å². The second-order valence-corrected chi connectivity index (χ2v) is 19.8. The van der Waals surface area contributed by atoms with Crippen LogP contribution in [0.5, 0.6) is 0 Å². The molecule has 0 spiro atoms. The van der Waals surface area contributed by atoms with Gasteiger partial charge in [0.15, 0.2) is 0 Å². The minimum absolute atomic E-state index is 0.0884. The zero-order chi connectivity index (χ0) is 39.2. The molecule has 1 aromatic carbocycles. The molecule has 6 fully saturated rings. The molecule has 2 aromatic rings. The van der Waals surface area contributed by atoms with Gasteiger partial charge in [0.2, 0.25) is 5.91 Å². The van der Waals surface area contributed by atoms with Gasteiger partial charge in [0.1, 0.15) is 18.2 Å². The molecule has 0 saturated heterocycles. The largest absolute Gasteiger partial charge is 0.461 e. The maximum absolute atomic E-state index is 14.9. The number of carbonyl (C=O) groups is 3. The summed E-state index contributed by atoms with van der Waals surface area (Å²) >= 11 is 0. The Morgan fingerprint density at radius 2 is 1.60 bits per heavy atom. The normalized spacial score (nSPS) is 37.5. The molecule has 8 nitrogen and oxygen atoms in total. The van der Waals surface area contributed by atoms with Crippen LogP contribution in [0.25, 0.3) is 11.3 Å². The van der Waals surface area contributed by atoms with Crippen molar-refractivity contribution in [2.45, 2.75) is 155 Å². The first-order valence-electron chi connectivity index (χ1n) is 21.7. The first-order chi connectivity index (χ1) is 26.3. The Bertz CT molecular complexity index is 1710. The van der Waals surface area contributed by atoms with Gasteiger partial charge in [0, 0.05) is 11.5 Å². The zero-order valence-corrected chi connectivity index (χ0v) is 34.3. The van der Waals surface area contributed by atoms with Crippen LogP contribution in [0, 0.1) is 51.2 Å². The number of amides is 1. The monoisotopic (exact) mass is 753 g/mol. The van der Waals surface area contributed by atoms with Crippen molar-refractivity contribution in [3.8, 4) is 11.3 Å². The number of hydrogen-bond donors (Lipinski definition) is 3. The number of aromatic nitrogens is 2. The Morgan fingerprint density at radius 1 is 0.927 bits per heavy atom. The second-order valence-electron chi connectivity index (χ2n) is 19.8. The van der Waals surface area contributed by atoms with Gasteiger partial charge < -0.3 is 25.6 Å². The molecule has 6 aliphatic rings. The highest BCUT2D eigenvalue weighted by Gasteiger charge is 2.66. The fourth-order valence-corrected chi connectivity index (χ4v) is 13.7. The van der Waals surface area contributed by atoms with Crippen molar-refractivity contribution >= 4 is 18.2 Å². The van der Waals surface area contributed by atoms with E-state index in [1.165, 1.54) is 19.3 Å². The molecule has 55 heavy (non-hydrogen) atoms. The average molecular weight is 753 g/mol. The van der Waals surface area contributed by atoms with E-state index in [-0.39, 0.29) is 40.8 Å². The summed E-state index contributed by atoms with van der Waals surface area (Å²) < 4.78 is 6.00. The number of carbonyl (C=O) groups excluding carboxylic acids is 3. The Morgan fingerprint density at radius 3 is 2.31 bits per heavy atom. The van der Waals surface area contributed by atoms with Crippen molar-refractivity contribution in [1.82, 2.24) is 15.3 Å². The van der Waals surface area contributed by atoms with E-state index in [1.54, 1.807) is 19.9 Å². The van der Waals surface area contributed by atoms with Crippen LogP contribution in [0.1, 0.15) is 143 Å². The number of imidazole rings is 1. The molecule has 10 atom stereocenters. The van der Waals surface area contributed by atoms with Crippen LogP contribution in [-0.2, 0) is 24.7 Å². The van der Waals surface area contributed by atoms with Gasteiger partial charge in [-0.25, -0.2) is 4.98 Å². The standard InChI is InChI=1S/C44H62N4O4.C3H6/c1-40(2,27-49)25-36(50)52-34-18-23-42(4)32(37(34)45)16-22-41(3)30-17-24-43(19-10-13-31(43)29(30)14-15-35(41)42)39(51)48-44(20-8-9-21-44)38-46-26-33(47-38)28-11-6-5-7-12-28;1-3-2/h5-7,11-12,26-27,29-32,34-35,37H,8-10,13-25,45H2,1-4H3,(H,46,47)(H,48,51);3H,1H2,2H3. The van der Waals surface area contributed by atoms with Gasteiger partial charge in [-0.1, -0.05) is 83.4 Å². The molecule has 4 N–H and O–H groups in total. The molecule has 8 heteroatoms. The summed E-state index contributed by atoms with van der Waals surface area (Å²) in [6.07, 6.45) is 20.3. The molecule has 1 heterocycles. The smallest absolute Gasteiger partial charge is 0.307 e. The van der Waals surface area contributed by atoms with Crippen LogP contribution in [0.2, 0.25) is 0 Å². The first kappa shape index (κ1) is 40.0. The maximum Gasteiger partial charge on any atom is 0.307 e. The lowest BCUT2D eigenvalue weighted by Gasteiger charge is -2.67. The van der Waals surface area contributed by atoms with Gasteiger partial charge >= 0.3 is 5.97 Å².